The number of fused-ring (bicyclic) bond motifs is 1. The molecule has 0 saturated heterocycles. The van der Waals surface area contributed by atoms with Gasteiger partial charge < -0.3 is 29.3 Å². The summed E-state index contributed by atoms with van der Waals surface area (Å²) in [6, 6.07) is 9.18. The third-order valence-electron chi connectivity index (χ3n) is 4.89. The number of aryl methyl sites for hydroxylation is 1. The molecule has 0 aliphatic carbocycles. The van der Waals surface area contributed by atoms with Crippen LogP contribution >= 0.6 is 0 Å². The van der Waals surface area contributed by atoms with Crippen molar-refractivity contribution in [2.75, 3.05) is 12.3 Å². The minimum absolute atomic E-state index is 0.119. The van der Waals surface area contributed by atoms with E-state index in [4.69, 9.17) is 29.7 Å². The van der Waals surface area contributed by atoms with Gasteiger partial charge in [0, 0.05) is 24.2 Å². The van der Waals surface area contributed by atoms with Gasteiger partial charge in [-0.3, -0.25) is 0 Å². The molecule has 0 saturated carbocycles. The summed E-state index contributed by atoms with van der Waals surface area (Å²) in [5.41, 5.74) is 9.32. The zero-order valence-electron chi connectivity index (χ0n) is 15.6. The van der Waals surface area contributed by atoms with Crippen LogP contribution in [0.3, 0.4) is 0 Å². The molecule has 3 N–H and O–H groups in total. The van der Waals surface area contributed by atoms with Crippen molar-refractivity contribution in [1.29, 1.82) is 0 Å². The first-order chi connectivity index (χ1) is 14.0. The molecule has 0 fully saturated rings. The lowest BCUT2D eigenvalue weighted by atomic mass is 10.2. The van der Waals surface area contributed by atoms with E-state index in [0.717, 1.165) is 29.9 Å². The highest BCUT2D eigenvalue weighted by molar-refractivity contribution is 5.89. The van der Waals surface area contributed by atoms with Gasteiger partial charge >= 0.3 is 5.97 Å². The lowest BCUT2D eigenvalue weighted by Crippen LogP contribution is -2.22. The summed E-state index contributed by atoms with van der Waals surface area (Å²) in [4.78, 5) is 20.1. The number of nitrogens with zero attached hydrogens (tertiary/aromatic N) is 3. The molecule has 3 heterocycles. The molecule has 4 aromatic rings. The van der Waals surface area contributed by atoms with Crippen LogP contribution in [0, 0.1) is 0 Å². The number of aliphatic carboxylic acids is 1. The van der Waals surface area contributed by atoms with Gasteiger partial charge in [-0.05, 0) is 31.5 Å². The van der Waals surface area contributed by atoms with E-state index in [9.17, 15) is 4.79 Å². The second kappa shape index (κ2) is 6.40. The Kier molecular flexibility index (Phi) is 3.83. The van der Waals surface area contributed by atoms with E-state index in [-0.39, 0.29) is 6.01 Å². The number of benzene rings is 2. The fraction of sp³-hybridized carbons (Fsp3) is 0.250. The highest BCUT2D eigenvalue weighted by atomic mass is 16.5. The Bertz CT molecular complexity index is 1260. The lowest BCUT2D eigenvalue weighted by molar-refractivity contribution is -0.144. The van der Waals surface area contributed by atoms with E-state index >= 15 is 0 Å². The van der Waals surface area contributed by atoms with Crippen molar-refractivity contribution in [2.45, 2.75) is 26.0 Å². The molecular formula is C20H18N4O5. The molecule has 1 atom stereocenters. The number of hydrogen-bond donors (Lipinski definition) is 2. The number of carboxylic acid groups (broad SMARTS) is 1. The van der Waals surface area contributed by atoms with E-state index in [1.807, 2.05) is 18.2 Å². The summed E-state index contributed by atoms with van der Waals surface area (Å²) in [7, 11) is 0. The average molecular weight is 394 g/mol. The maximum atomic E-state index is 11.1. The molecule has 0 amide bonds. The summed E-state index contributed by atoms with van der Waals surface area (Å²) >= 11 is 0. The number of carbonyl (C=O) groups is 1. The summed E-state index contributed by atoms with van der Waals surface area (Å²) in [6.07, 6.45) is -0.166. The Morgan fingerprint density at radius 3 is 2.97 bits per heavy atom. The van der Waals surface area contributed by atoms with Crippen molar-refractivity contribution >= 4 is 34.1 Å². The molecule has 0 radical (unpaired) electrons. The highest BCUT2D eigenvalue weighted by Gasteiger charge is 2.22. The molecular weight excluding hydrogens is 376 g/mol. The third-order valence-corrected chi connectivity index (χ3v) is 4.89. The molecule has 0 spiro atoms. The minimum atomic E-state index is -1.04. The van der Waals surface area contributed by atoms with Crippen molar-refractivity contribution in [3.63, 3.8) is 0 Å². The smallest absolute Gasteiger partial charge is 0.344 e. The van der Waals surface area contributed by atoms with Crippen LogP contribution in [0.4, 0.5) is 6.01 Å². The van der Waals surface area contributed by atoms with E-state index in [1.165, 1.54) is 6.92 Å². The van der Waals surface area contributed by atoms with Crippen LogP contribution in [0.25, 0.3) is 33.5 Å². The van der Waals surface area contributed by atoms with Gasteiger partial charge in [-0.2, -0.15) is 4.98 Å². The minimum Gasteiger partial charge on any atom is -0.491 e. The first-order valence-electron chi connectivity index (χ1n) is 9.22. The number of hydrogen-bond acceptors (Lipinski definition) is 7. The topological polar surface area (TPSA) is 126 Å². The number of rotatable bonds is 4. The van der Waals surface area contributed by atoms with E-state index < -0.39 is 12.1 Å². The summed E-state index contributed by atoms with van der Waals surface area (Å²) in [6.45, 7) is 2.77. The van der Waals surface area contributed by atoms with Crippen LogP contribution in [0.2, 0.25) is 0 Å². The largest absolute Gasteiger partial charge is 0.491 e. The predicted molar refractivity (Wildman–Crippen MR) is 105 cm³/mol. The number of nitrogen functional groups attached to an aromatic ring is 1. The normalized spacial score (nSPS) is 14.5. The Balaban J connectivity index is 1.67. The van der Waals surface area contributed by atoms with Crippen molar-refractivity contribution in [2.24, 2.45) is 0 Å². The first kappa shape index (κ1) is 17.4. The molecule has 5 rings (SSSR count). The molecule has 2 aromatic heterocycles. The molecule has 148 valence electrons. The van der Waals surface area contributed by atoms with Crippen molar-refractivity contribution < 1.29 is 23.8 Å². The molecule has 29 heavy (non-hydrogen) atoms. The van der Waals surface area contributed by atoms with Crippen molar-refractivity contribution in [3.8, 4) is 22.9 Å². The van der Waals surface area contributed by atoms with Crippen molar-refractivity contribution in [3.05, 3.63) is 30.3 Å². The summed E-state index contributed by atoms with van der Waals surface area (Å²) < 4.78 is 18.9. The van der Waals surface area contributed by atoms with E-state index in [1.54, 1.807) is 12.1 Å². The number of nitrogens with two attached hydrogens (primary N) is 1. The van der Waals surface area contributed by atoms with Gasteiger partial charge in [0.1, 0.15) is 28.4 Å². The Morgan fingerprint density at radius 1 is 1.28 bits per heavy atom. The van der Waals surface area contributed by atoms with Crippen LogP contribution in [0.15, 0.2) is 34.7 Å². The second-order valence-corrected chi connectivity index (χ2v) is 6.91. The molecule has 9 nitrogen and oxygen atoms in total. The van der Waals surface area contributed by atoms with Crippen molar-refractivity contribution in [1.82, 2.24) is 14.5 Å². The maximum absolute atomic E-state index is 11.1. The van der Waals surface area contributed by atoms with Crippen LogP contribution in [0.1, 0.15) is 13.3 Å². The molecule has 0 bridgehead atoms. The first-order valence-corrected chi connectivity index (χ1v) is 9.22. The van der Waals surface area contributed by atoms with E-state index in [0.29, 0.717) is 34.7 Å². The standard InChI is InChI=1S/C20H18N4O5/c1-10(19(25)26)28-12-8-14-17-16(9-12)27-6-2-5-24(17)18(22-14)11-3-4-15-13(7-11)23-20(21)29-15/h3-4,7-10H,2,5-6H2,1H3,(H2,21,23)(H,25,26)/t10-/m0/s1. The number of carboxylic acids is 1. The summed E-state index contributed by atoms with van der Waals surface area (Å²) in [5.74, 6) is 0.750. The van der Waals surface area contributed by atoms with Gasteiger partial charge in [-0.25, -0.2) is 9.78 Å². The molecule has 0 unspecified atom stereocenters. The molecule has 2 aromatic carbocycles. The zero-order valence-corrected chi connectivity index (χ0v) is 15.6. The SMILES string of the molecule is C[C@H](Oc1cc2c3c(c1)nc(-c1ccc4oc(N)nc4c1)n3CCCO2)C(=O)O. The monoisotopic (exact) mass is 394 g/mol. The van der Waals surface area contributed by atoms with Crippen LogP contribution in [-0.4, -0.2) is 38.3 Å². The number of imidazole rings is 1. The zero-order chi connectivity index (χ0) is 20.1. The Hall–Kier alpha value is -3.75. The maximum Gasteiger partial charge on any atom is 0.344 e. The van der Waals surface area contributed by atoms with Crippen LogP contribution in [0.5, 0.6) is 11.5 Å². The fourth-order valence-electron chi connectivity index (χ4n) is 3.57. The van der Waals surface area contributed by atoms with Crippen LogP contribution in [-0.2, 0) is 11.3 Å². The molecule has 1 aliphatic rings. The molecule has 1 aliphatic heterocycles. The Labute approximate surface area is 164 Å². The number of anilines is 1. The van der Waals surface area contributed by atoms with E-state index in [2.05, 4.69) is 9.55 Å². The quantitative estimate of drug-likeness (QED) is 0.541. The van der Waals surface area contributed by atoms with Gasteiger partial charge in [0.05, 0.1) is 12.1 Å². The second-order valence-electron chi connectivity index (χ2n) is 6.91. The van der Waals surface area contributed by atoms with Crippen LogP contribution < -0.4 is 15.2 Å². The lowest BCUT2D eigenvalue weighted by Gasteiger charge is -2.12. The predicted octanol–water partition coefficient (Wildman–Crippen LogP) is 3.06. The van der Waals surface area contributed by atoms with Gasteiger partial charge in [-0.15, -0.1) is 0 Å². The number of ether oxygens (including phenoxy) is 2. The van der Waals surface area contributed by atoms with Gasteiger partial charge in [0.25, 0.3) is 6.01 Å². The van der Waals surface area contributed by atoms with Gasteiger partial charge in [-0.1, -0.05) is 0 Å². The van der Waals surface area contributed by atoms with Gasteiger partial charge in [0.2, 0.25) is 0 Å². The summed E-state index contributed by atoms with van der Waals surface area (Å²) in [5, 5.41) is 9.13. The average Bonchev–Trinajstić information content (AvgIpc) is 3.15. The van der Waals surface area contributed by atoms with Gasteiger partial charge in [0.15, 0.2) is 11.7 Å². The third kappa shape index (κ3) is 2.91. The molecule has 9 heteroatoms. The number of oxazole rings is 1. The number of aromatic nitrogens is 3. The Morgan fingerprint density at radius 2 is 2.14 bits per heavy atom. The highest BCUT2D eigenvalue weighted by Crippen LogP contribution is 2.37. The fourth-order valence-corrected chi connectivity index (χ4v) is 3.57.